The summed E-state index contributed by atoms with van der Waals surface area (Å²) in [6.45, 7) is -3.56. The molecule has 94 valence electrons. The molecule has 10 nitrogen and oxygen atoms in total. The first-order chi connectivity index (χ1) is 7.53. The van der Waals surface area contributed by atoms with Crippen molar-refractivity contribution in [3.05, 3.63) is 0 Å². The first-order valence-electron chi connectivity index (χ1n) is 4.10. The highest BCUT2D eigenvalue weighted by atomic mass is 16.3. The van der Waals surface area contributed by atoms with Gasteiger partial charge in [0.25, 0.3) is 0 Å². The van der Waals surface area contributed by atoms with Gasteiger partial charge in [-0.25, -0.2) is 19.6 Å². The van der Waals surface area contributed by atoms with Crippen LogP contribution in [0.1, 0.15) is 0 Å². The average Bonchev–Trinajstić information content (AvgIpc) is 2.26. The van der Waals surface area contributed by atoms with Gasteiger partial charge in [-0.2, -0.15) is 0 Å². The Bertz CT molecular complexity index is 245. The van der Waals surface area contributed by atoms with E-state index in [1.54, 1.807) is 0 Å². The number of hydrogen-bond donors (Lipinski definition) is 5. The summed E-state index contributed by atoms with van der Waals surface area (Å²) in [4.78, 5) is 22.7. The van der Waals surface area contributed by atoms with E-state index in [1.165, 1.54) is 0 Å². The van der Waals surface area contributed by atoms with Gasteiger partial charge in [0.1, 0.15) is 26.9 Å². The summed E-state index contributed by atoms with van der Waals surface area (Å²) >= 11 is 0. The number of aliphatic hydroxyl groups is 4. The summed E-state index contributed by atoms with van der Waals surface area (Å²) in [6.07, 6.45) is 0. The summed E-state index contributed by atoms with van der Waals surface area (Å²) < 4.78 is 0. The summed E-state index contributed by atoms with van der Waals surface area (Å²) in [5.41, 5.74) is 4.82. The molecule has 0 saturated heterocycles. The van der Waals surface area contributed by atoms with Crippen LogP contribution in [0.25, 0.3) is 0 Å². The van der Waals surface area contributed by atoms with E-state index in [2.05, 4.69) is 0 Å². The van der Waals surface area contributed by atoms with Crippen molar-refractivity contribution >= 4 is 12.1 Å². The molecule has 0 saturated carbocycles. The van der Waals surface area contributed by atoms with E-state index in [9.17, 15) is 9.59 Å². The number of hydrazine groups is 1. The Morgan fingerprint density at radius 3 is 1.56 bits per heavy atom. The predicted molar refractivity (Wildman–Crippen MR) is 48.8 cm³/mol. The third-order valence-electron chi connectivity index (χ3n) is 1.65. The summed E-state index contributed by atoms with van der Waals surface area (Å²) in [5, 5.41) is 35.6. The van der Waals surface area contributed by atoms with E-state index in [-0.39, 0.29) is 0 Å². The number of nitrogens with zero attached hydrogens (tertiary/aromatic N) is 3. The van der Waals surface area contributed by atoms with Crippen LogP contribution in [0, 0.1) is 0 Å². The lowest BCUT2D eigenvalue weighted by Crippen LogP contribution is -2.56. The molecule has 10 heteroatoms. The predicted octanol–water partition coefficient (Wildman–Crippen LogP) is -3.19. The molecule has 0 aliphatic heterocycles. The van der Waals surface area contributed by atoms with E-state index in [4.69, 9.17) is 26.2 Å². The van der Waals surface area contributed by atoms with Gasteiger partial charge in [-0.3, -0.25) is 4.90 Å². The molecule has 0 radical (unpaired) electrons. The van der Waals surface area contributed by atoms with Gasteiger partial charge in [0.2, 0.25) is 0 Å². The van der Waals surface area contributed by atoms with Crippen LogP contribution >= 0.6 is 0 Å². The maximum Gasteiger partial charge on any atom is 0.344 e. The molecule has 0 heterocycles. The molecular weight excluding hydrogens is 224 g/mol. The Kier molecular flexibility index (Phi) is 6.10. The van der Waals surface area contributed by atoms with Crippen LogP contribution in [0.15, 0.2) is 0 Å². The van der Waals surface area contributed by atoms with Crippen molar-refractivity contribution in [3.8, 4) is 0 Å². The lowest BCUT2D eigenvalue weighted by molar-refractivity contribution is -0.0730. The molecule has 0 aromatic heterocycles. The molecule has 0 aliphatic rings. The van der Waals surface area contributed by atoms with Gasteiger partial charge in [-0.15, -0.1) is 0 Å². The third-order valence-corrected chi connectivity index (χ3v) is 1.65. The van der Waals surface area contributed by atoms with Gasteiger partial charge in [0.05, 0.1) is 0 Å². The van der Waals surface area contributed by atoms with Gasteiger partial charge in [-0.05, 0) is 0 Å². The molecule has 0 atom stereocenters. The Morgan fingerprint density at radius 1 is 0.875 bits per heavy atom. The number of aliphatic hydroxyl groups excluding tert-OH is 4. The fraction of sp³-hybridized carbons (Fsp3) is 0.667. The normalized spacial score (nSPS) is 9.75. The van der Waals surface area contributed by atoms with E-state index in [0.717, 1.165) is 0 Å². The number of nitrogens with two attached hydrogens (primary N) is 1. The maximum atomic E-state index is 11.5. The van der Waals surface area contributed by atoms with E-state index in [1.807, 2.05) is 0 Å². The van der Waals surface area contributed by atoms with Crippen LogP contribution in [0.4, 0.5) is 9.59 Å². The minimum atomic E-state index is -1.18. The maximum absolute atomic E-state index is 11.5. The molecule has 0 aromatic carbocycles. The number of carbonyl (C=O) groups is 2. The fourth-order valence-corrected chi connectivity index (χ4v) is 0.834. The Labute approximate surface area is 90.7 Å². The van der Waals surface area contributed by atoms with Crippen molar-refractivity contribution in [2.24, 2.45) is 5.73 Å². The SMILES string of the molecule is NC(=O)N(CO)N(CO)C(=O)N(CO)CO. The molecule has 6 N–H and O–H groups in total. The molecular formula is C6H14N4O6. The van der Waals surface area contributed by atoms with E-state index < -0.39 is 39.0 Å². The van der Waals surface area contributed by atoms with Crippen LogP contribution in [-0.2, 0) is 0 Å². The molecule has 0 bridgehead atoms. The minimum absolute atomic E-state index is 0.334. The highest BCUT2D eigenvalue weighted by Gasteiger charge is 2.27. The van der Waals surface area contributed by atoms with Crippen molar-refractivity contribution in [3.63, 3.8) is 0 Å². The molecule has 0 aliphatic carbocycles. The highest BCUT2D eigenvalue weighted by Crippen LogP contribution is 2.02. The largest absolute Gasteiger partial charge is 0.376 e. The van der Waals surface area contributed by atoms with Crippen molar-refractivity contribution in [1.29, 1.82) is 0 Å². The molecule has 0 rings (SSSR count). The van der Waals surface area contributed by atoms with Crippen molar-refractivity contribution < 1.29 is 30.0 Å². The van der Waals surface area contributed by atoms with Gasteiger partial charge >= 0.3 is 12.1 Å². The number of rotatable bonds is 4. The zero-order chi connectivity index (χ0) is 12.7. The number of primary amides is 1. The number of urea groups is 2. The van der Waals surface area contributed by atoms with Crippen molar-refractivity contribution in [2.45, 2.75) is 0 Å². The standard InChI is InChI=1S/C6H14N4O6/c7-5(15)9(3-13)10(4-14)6(16)8(1-11)2-12/h11-14H,1-4H2,(H2,7,15). The number of amides is 4. The van der Waals surface area contributed by atoms with E-state index in [0.29, 0.717) is 14.9 Å². The lowest BCUT2D eigenvalue weighted by Gasteiger charge is -2.32. The zero-order valence-electron chi connectivity index (χ0n) is 8.35. The monoisotopic (exact) mass is 238 g/mol. The quantitative estimate of drug-likeness (QED) is 0.257. The number of hydrogen-bond acceptors (Lipinski definition) is 6. The van der Waals surface area contributed by atoms with Gasteiger partial charge in [-0.1, -0.05) is 0 Å². The second-order valence-electron chi connectivity index (χ2n) is 2.53. The second-order valence-corrected chi connectivity index (χ2v) is 2.53. The van der Waals surface area contributed by atoms with E-state index >= 15 is 0 Å². The third kappa shape index (κ3) is 3.20. The first-order valence-corrected chi connectivity index (χ1v) is 4.10. The van der Waals surface area contributed by atoms with Crippen LogP contribution in [0.3, 0.4) is 0 Å². The molecule has 0 aromatic rings. The van der Waals surface area contributed by atoms with Crippen LogP contribution < -0.4 is 5.73 Å². The van der Waals surface area contributed by atoms with Crippen molar-refractivity contribution in [2.75, 3.05) is 26.9 Å². The molecule has 0 fully saturated rings. The fourth-order valence-electron chi connectivity index (χ4n) is 0.834. The molecule has 0 unspecified atom stereocenters. The Balaban J connectivity index is 4.82. The summed E-state index contributed by atoms with van der Waals surface area (Å²) in [7, 11) is 0. The van der Waals surface area contributed by atoms with Crippen LogP contribution in [0.5, 0.6) is 0 Å². The second kappa shape index (κ2) is 6.79. The molecule has 4 amide bonds. The van der Waals surface area contributed by atoms with Gasteiger partial charge in [0.15, 0.2) is 0 Å². The minimum Gasteiger partial charge on any atom is -0.376 e. The van der Waals surface area contributed by atoms with Crippen LogP contribution in [-0.4, -0.2) is 74.3 Å². The molecule has 0 spiro atoms. The molecule has 16 heavy (non-hydrogen) atoms. The van der Waals surface area contributed by atoms with Crippen LogP contribution in [0.2, 0.25) is 0 Å². The Hall–Kier alpha value is -1.62. The van der Waals surface area contributed by atoms with Gasteiger partial charge < -0.3 is 26.2 Å². The summed E-state index contributed by atoms with van der Waals surface area (Å²) in [6, 6.07) is -2.28. The lowest BCUT2D eigenvalue weighted by atomic mass is 10.7. The van der Waals surface area contributed by atoms with Gasteiger partial charge in [0, 0.05) is 0 Å². The smallest absolute Gasteiger partial charge is 0.344 e. The number of carbonyl (C=O) groups excluding carboxylic acids is 2. The summed E-state index contributed by atoms with van der Waals surface area (Å²) in [5.74, 6) is 0. The first kappa shape index (κ1) is 14.4. The average molecular weight is 238 g/mol. The topological polar surface area (TPSA) is 151 Å². The zero-order valence-corrected chi connectivity index (χ0v) is 8.35. The highest BCUT2D eigenvalue weighted by molar-refractivity contribution is 5.79. The van der Waals surface area contributed by atoms with Crippen molar-refractivity contribution in [1.82, 2.24) is 14.9 Å². The Morgan fingerprint density at radius 2 is 1.31 bits per heavy atom.